The quantitative estimate of drug-likeness (QED) is 0.604. The Hall–Kier alpha value is -1.14. The maximum absolute atomic E-state index is 11.4. The van der Waals surface area contributed by atoms with Crippen LogP contribution in [-0.2, 0) is 14.3 Å². The zero-order chi connectivity index (χ0) is 12.7. The van der Waals surface area contributed by atoms with Crippen LogP contribution in [0.25, 0.3) is 0 Å². The molecule has 17 heavy (non-hydrogen) atoms. The molecule has 1 fully saturated rings. The maximum atomic E-state index is 11.4. The monoisotopic (exact) mass is 244 g/mol. The number of rotatable bonds is 6. The van der Waals surface area contributed by atoms with Crippen LogP contribution in [0.3, 0.4) is 0 Å². The molecule has 1 saturated heterocycles. The summed E-state index contributed by atoms with van der Waals surface area (Å²) in [5.41, 5.74) is 5.41. The van der Waals surface area contributed by atoms with E-state index in [1.807, 2.05) is 0 Å². The molecule has 0 radical (unpaired) electrons. The first kappa shape index (κ1) is 13.9. The molecule has 0 spiro atoms. The zero-order valence-corrected chi connectivity index (χ0v) is 9.85. The van der Waals surface area contributed by atoms with E-state index in [4.69, 9.17) is 15.6 Å². The summed E-state index contributed by atoms with van der Waals surface area (Å²) in [5, 5.41) is 11.1. The molecule has 6 heteroatoms. The summed E-state index contributed by atoms with van der Waals surface area (Å²) >= 11 is 0. The topological polar surface area (TPSA) is 102 Å². The van der Waals surface area contributed by atoms with E-state index < -0.39 is 17.9 Å². The number of nitrogens with two attached hydrogens (primary N) is 1. The summed E-state index contributed by atoms with van der Waals surface area (Å²) < 4.78 is 5.51. The Kier molecular flexibility index (Phi) is 5.93. The minimum absolute atomic E-state index is 0.208. The van der Waals surface area contributed by atoms with Crippen LogP contribution in [0.4, 0.5) is 0 Å². The van der Waals surface area contributed by atoms with Gasteiger partial charge in [-0.15, -0.1) is 0 Å². The number of ether oxygens (including phenoxy) is 1. The molecule has 2 atom stereocenters. The van der Waals surface area contributed by atoms with Crippen molar-refractivity contribution in [3.63, 3.8) is 0 Å². The number of carbonyl (C=O) groups excluding carboxylic acids is 1. The summed E-state index contributed by atoms with van der Waals surface area (Å²) in [6.07, 6.45) is 3.91. The lowest BCUT2D eigenvalue weighted by molar-refractivity contribution is -0.139. The van der Waals surface area contributed by atoms with E-state index in [-0.39, 0.29) is 12.5 Å². The van der Waals surface area contributed by atoms with Gasteiger partial charge in [0, 0.05) is 13.2 Å². The molecule has 1 aliphatic heterocycles. The predicted octanol–water partition coefficient (Wildman–Crippen LogP) is -0.136. The zero-order valence-electron chi connectivity index (χ0n) is 9.85. The van der Waals surface area contributed by atoms with Crippen molar-refractivity contribution < 1.29 is 19.4 Å². The van der Waals surface area contributed by atoms with Gasteiger partial charge in [-0.25, -0.2) is 0 Å². The predicted molar refractivity (Wildman–Crippen MR) is 61.4 cm³/mol. The van der Waals surface area contributed by atoms with Crippen molar-refractivity contribution in [3.8, 4) is 0 Å². The van der Waals surface area contributed by atoms with E-state index in [0.717, 1.165) is 32.3 Å². The van der Waals surface area contributed by atoms with Crippen molar-refractivity contribution in [3.05, 3.63) is 0 Å². The molecule has 1 rings (SSSR count). The summed E-state index contributed by atoms with van der Waals surface area (Å²) in [5.74, 6) is -1.48. The maximum Gasteiger partial charge on any atom is 0.305 e. The van der Waals surface area contributed by atoms with Gasteiger partial charge in [0.2, 0.25) is 5.91 Å². The van der Waals surface area contributed by atoms with Crippen LogP contribution >= 0.6 is 0 Å². The number of hydrogen-bond donors (Lipinski definition) is 3. The average molecular weight is 244 g/mol. The van der Waals surface area contributed by atoms with Crippen LogP contribution in [-0.4, -0.2) is 42.3 Å². The molecule has 0 aromatic carbocycles. The fourth-order valence-corrected chi connectivity index (χ4v) is 1.80. The Morgan fingerprint density at radius 3 is 2.82 bits per heavy atom. The van der Waals surface area contributed by atoms with Gasteiger partial charge in [-0.1, -0.05) is 0 Å². The van der Waals surface area contributed by atoms with Crippen LogP contribution in [0.5, 0.6) is 0 Å². The van der Waals surface area contributed by atoms with Gasteiger partial charge in [0.1, 0.15) is 0 Å². The number of nitrogens with one attached hydrogen (secondary N) is 1. The molecule has 1 aliphatic rings. The van der Waals surface area contributed by atoms with E-state index in [0.29, 0.717) is 6.54 Å². The Morgan fingerprint density at radius 1 is 1.47 bits per heavy atom. The molecular formula is C11H20N2O4. The smallest absolute Gasteiger partial charge is 0.305 e. The summed E-state index contributed by atoms with van der Waals surface area (Å²) in [6, 6.07) is -0.972. The van der Waals surface area contributed by atoms with Gasteiger partial charge < -0.3 is 20.9 Å². The lowest BCUT2D eigenvalue weighted by atomic mass is 10.1. The second kappa shape index (κ2) is 7.24. The summed E-state index contributed by atoms with van der Waals surface area (Å²) in [7, 11) is 0. The highest BCUT2D eigenvalue weighted by Gasteiger charge is 2.18. The van der Waals surface area contributed by atoms with Crippen molar-refractivity contribution in [2.75, 3.05) is 13.2 Å². The number of aliphatic carboxylic acids is 1. The van der Waals surface area contributed by atoms with Crippen molar-refractivity contribution in [2.24, 2.45) is 5.73 Å². The van der Waals surface area contributed by atoms with Gasteiger partial charge in [0.25, 0.3) is 0 Å². The highest BCUT2D eigenvalue weighted by atomic mass is 16.5. The first-order chi connectivity index (χ1) is 8.09. The molecule has 2 unspecified atom stereocenters. The molecule has 1 amide bonds. The Balaban J connectivity index is 2.12. The number of carboxylic acid groups (broad SMARTS) is 1. The molecule has 0 aromatic rings. The van der Waals surface area contributed by atoms with Gasteiger partial charge in [-0.2, -0.15) is 0 Å². The first-order valence-corrected chi connectivity index (χ1v) is 5.96. The third-order valence-corrected chi connectivity index (χ3v) is 2.77. The lowest BCUT2D eigenvalue weighted by Gasteiger charge is -2.22. The molecule has 98 valence electrons. The Bertz CT molecular complexity index is 264. The number of carboxylic acids is 1. The molecule has 6 nitrogen and oxygen atoms in total. The second-order valence-corrected chi connectivity index (χ2v) is 4.27. The number of amides is 1. The van der Waals surface area contributed by atoms with Crippen LogP contribution in [0.15, 0.2) is 0 Å². The Morgan fingerprint density at radius 2 is 2.24 bits per heavy atom. The molecule has 0 bridgehead atoms. The number of hydrogen-bond acceptors (Lipinski definition) is 4. The molecule has 0 aliphatic carbocycles. The molecule has 0 saturated carbocycles. The van der Waals surface area contributed by atoms with Gasteiger partial charge in [0.05, 0.1) is 18.6 Å². The van der Waals surface area contributed by atoms with Crippen molar-refractivity contribution in [1.82, 2.24) is 5.32 Å². The summed E-state index contributed by atoms with van der Waals surface area (Å²) in [6.45, 7) is 1.27. The van der Waals surface area contributed by atoms with Gasteiger partial charge in [-0.3, -0.25) is 9.59 Å². The fraction of sp³-hybridized carbons (Fsp3) is 0.818. The lowest BCUT2D eigenvalue weighted by Crippen LogP contribution is -2.42. The van der Waals surface area contributed by atoms with E-state index in [2.05, 4.69) is 5.32 Å². The van der Waals surface area contributed by atoms with Crippen molar-refractivity contribution in [2.45, 2.75) is 44.2 Å². The van der Waals surface area contributed by atoms with E-state index >= 15 is 0 Å². The highest BCUT2D eigenvalue weighted by Crippen LogP contribution is 2.14. The average Bonchev–Trinajstić information content (AvgIpc) is 2.29. The molecule has 4 N–H and O–H groups in total. The first-order valence-electron chi connectivity index (χ1n) is 5.96. The van der Waals surface area contributed by atoms with Gasteiger partial charge in [0.15, 0.2) is 0 Å². The standard InChI is InChI=1S/C11H20N2O4/c12-9(7-10(14)15)11(16)13-5-4-8-3-1-2-6-17-8/h8-9H,1-7,12H2,(H,13,16)(H,14,15). The SMILES string of the molecule is NC(CC(=O)O)C(=O)NCCC1CCCCO1. The van der Waals surface area contributed by atoms with E-state index in [9.17, 15) is 9.59 Å². The fourth-order valence-electron chi connectivity index (χ4n) is 1.80. The highest BCUT2D eigenvalue weighted by molar-refractivity contribution is 5.85. The van der Waals surface area contributed by atoms with E-state index in [1.165, 1.54) is 0 Å². The van der Waals surface area contributed by atoms with Gasteiger partial charge >= 0.3 is 5.97 Å². The van der Waals surface area contributed by atoms with Crippen molar-refractivity contribution in [1.29, 1.82) is 0 Å². The molecule has 0 aromatic heterocycles. The molecular weight excluding hydrogens is 224 g/mol. The minimum Gasteiger partial charge on any atom is -0.481 e. The second-order valence-electron chi connectivity index (χ2n) is 4.27. The van der Waals surface area contributed by atoms with Crippen LogP contribution < -0.4 is 11.1 Å². The third kappa shape index (κ3) is 5.65. The largest absolute Gasteiger partial charge is 0.481 e. The third-order valence-electron chi connectivity index (χ3n) is 2.77. The molecule has 1 heterocycles. The van der Waals surface area contributed by atoms with Gasteiger partial charge in [-0.05, 0) is 25.7 Å². The van der Waals surface area contributed by atoms with E-state index in [1.54, 1.807) is 0 Å². The normalized spacial score (nSPS) is 21.8. The minimum atomic E-state index is -1.07. The van der Waals surface area contributed by atoms with Crippen LogP contribution in [0.1, 0.15) is 32.1 Å². The van der Waals surface area contributed by atoms with Crippen molar-refractivity contribution >= 4 is 11.9 Å². The van der Waals surface area contributed by atoms with Crippen LogP contribution in [0.2, 0.25) is 0 Å². The van der Waals surface area contributed by atoms with Crippen LogP contribution in [0, 0.1) is 0 Å². The summed E-state index contributed by atoms with van der Waals surface area (Å²) in [4.78, 5) is 21.7. The number of carbonyl (C=O) groups is 2. The Labute approximate surface area is 101 Å².